The summed E-state index contributed by atoms with van der Waals surface area (Å²) in [7, 11) is -2.38. The van der Waals surface area contributed by atoms with E-state index in [1.54, 1.807) is 27.0 Å². The predicted molar refractivity (Wildman–Crippen MR) is 112 cm³/mol. The second-order valence-electron chi connectivity index (χ2n) is 6.79. The van der Waals surface area contributed by atoms with Gasteiger partial charge in [-0.25, -0.2) is 8.42 Å². The third-order valence-electron chi connectivity index (χ3n) is 4.07. The van der Waals surface area contributed by atoms with Crippen LogP contribution in [0.1, 0.15) is 19.4 Å². The highest BCUT2D eigenvalue weighted by atomic mass is 35.5. The monoisotopic (exact) mass is 458 g/mol. The van der Waals surface area contributed by atoms with E-state index in [0.717, 1.165) is 5.56 Å². The van der Waals surface area contributed by atoms with Crippen LogP contribution in [0.4, 0.5) is 0 Å². The van der Waals surface area contributed by atoms with E-state index in [2.05, 4.69) is 4.72 Å². The van der Waals surface area contributed by atoms with Gasteiger partial charge >= 0.3 is 5.97 Å². The summed E-state index contributed by atoms with van der Waals surface area (Å²) in [6, 6.07) is 6.47. The molecule has 1 atom stereocenters. The molecular weight excluding hydrogens is 436 g/mol. The summed E-state index contributed by atoms with van der Waals surface area (Å²) in [5, 5.41) is 4.10. The zero-order valence-corrected chi connectivity index (χ0v) is 18.7. The lowest BCUT2D eigenvalue weighted by molar-refractivity contribution is -0.154. The van der Waals surface area contributed by atoms with Crippen molar-refractivity contribution in [1.82, 2.24) is 9.62 Å². The number of rotatable bonds is 9. The highest BCUT2D eigenvalue weighted by Crippen LogP contribution is 2.17. The number of halogens is 1. The Labute approximate surface area is 179 Å². The summed E-state index contributed by atoms with van der Waals surface area (Å²) in [5.74, 6) is -1.59. The van der Waals surface area contributed by atoms with E-state index < -0.39 is 34.6 Å². The third kappa shape index (κ3) is 6.81. The van der Waals surface area contributed by atoms with Gasteiger partial charge in [0.25, 0.3) is 5.91 Å². The summed E-state index contributed by atoms with van der Waals surface area (Å²) < 4.78 is 32.6. The standard InChI is InChI=1S/C19H23ClN2O5S2/c1-13(2)18(21-29(25,26)16-6-4-5-15(20)9-16)19(24)27-11-17(23)22(3)10-14-7-8-28-12-14/h4-9,12-13,18,21H,10-11H2,1-3H3/t18-/m0/s1. The number of esters is 1. The molecule has 0 radical (unpaired) electrons. The number of thiophene rings is 1. The molecule has 0 unspecified atom stereocenters. The number of benzene rings is 1. The fourth-order valence-electron chi connectivity index (χ4n) is 2.40. The molecule has 0 bridgehead atoms. The van der Waals surface area contributed by atoms with Crippen LogP contribution in [0.2, 0.25) is 5.02 Å². The Morgan fingerprint density at radius 1 is 1.28 bits per heavy atom. The lowest BCUT2D eigenvalue weighted by Crippen LogP contribution is -2.46. The van der Waals surface area contributed by atoms with Crippen molar-refractivity contribution in [1.29, 1.82) is 0 Å². The zero-order valence-electron chi connectivity index (χ0n) is 16.3. The van der Waals surface area contributed by atoms with Gasteiger partial charge in [0.1, 0.15) is 6.04 Å². The second kappa shape index (κ2) is 10.2. The second-order valence-corrected chi connectivity index (χ2v) is 9.72. The van der Waals surface area contributed by atoms with E-state index >= 15 is 0 Å². The molecule has 7 nitrogen and oxygen atoms in total. The van der Waals surface area contributed by atoms with E-state index in [1.807, 2.05) is 16.8 Å². The van der Waals surface area contributed by atoms with Crippen molar-refractivity contribution in [3.05, 3.63) is 51.7 Å². The van der Waals surface area contributed by atoms with Crippen LogP contribution >= 0.6 is 22.9 Å². The number of carbonyl (C=O) groups is 2. The fraction of sp³-hybridized carbons (Fsp3) is 0.368. The van der Waals surface area contributed by atoms with Gasteiger partial charge in [0, 0.05) is 18.6 Å². The van der Waals surface area contributed by atoms with Gasteiger partial charge in [-0.05, 0) is 46.5 Å². The lowest BCUT2D eigenvalue weighted by atomic mass is 10.1. The van der Waals surface area contributed by atoms with Gasteiger partial charge < -0.3 is 9.64 Å². The summed E-state index contributed by atoms with van der Waals surface area (Å²) in [5.41, 5.74) is 0.978. The number of ether oxygens (including phenoxy) is 1. The van der Waals surface area contributed by atoms with E-state index in [1.165, 1.54) is 34.4 Å². The molecule has 1 N–H and O–H groups in total. The van der Waals surface area contributed by atoms with E-state index in [9.17, 15) is 18.0 Å². The molecule has 0 saturated carbocycles. The van der Waals surface area contributed by atoms with E-state index in [0.29, 0.717) is 6.54 Å². The Bertz CT molecular complexity index is 945. The number of hydrogen-bond acceptors (Lipinski definition) is 6. The van der Waals surface area contributed by atoms with Gasteiger partial charge in [0.15, 0.2) is 6.61 Å². The Kier molecular flexibility index (Phi) is 8.21. The number of nitrogens with zero attached hydrogens (tertiary/aromatic N) is 1. The molecule has 0 fully saturated rings. The maximum atomic E-state index is 12.6. The Morgan fingerprint density at radius 2 is 2.00 bits per heavy atom. The van der Waals surface area contributed by atoms with Crippen molar-refractivity contribution in [3.63, 3.8) is 0 Å². The summed E-state index contributed by atoms with van der Waals surface area (Å²) in [6.07, 6.45) is 0. The van der Waals surface area contributed by atoms with Gasteiger partial charge in [0.2, 0.25) is 10.0 Å². The van der Waals surface area contributed by atoms with Crippen LogP contribution in [-0.4, -0.2) is 44.9 Å². The minimum Gasteiger partial charge on any atom is -0.454 e. The molecule has 2 rings (SSSR count). The van der Waals surface area contributed by atoms with Gasteiger partial charge in [-0.3, -0.25) is 9.59 Å². The van der Waals surface area contributed by atoms with Crippen LogP contribution in [0.15, 0.2) is 46.0 Å². The van der Waals surface area contributed by atoms with Crippen molar-refractivity contribution in [2.24, 2.45) is 5.92 Å². The average molecular weight is 459 g/mol. The smallest absolute Gasteiger partial charge is 0.324 e. The quantitative estimate of drug-likeness (QED) is 0.583. The largest absolute Gasteiger partial charge is 0.454 e. The first-order valence-corrected chi connectivity index (χ1v) is 11.6. The topological polar surface area (TPSA) is 92.8 Å². The highest BCUT2D eigenvalue weighted by molar-refractivity contribution is 7.89. The van der Waals surface area contributed by atoms with Crippen molar-refractivity contribution in [2.45, 2.75) is 31.3 Å². The molecule has 1 amide bonds. The van der Waals surface area contributed by atoms with Crippen LogP contribution in [0, 0.1) is 5.92 Å². The minimum atomic E-state index is -3.99. The molecule has 0 aliphatic heterocycles. The Balaban J connectivity index is 1.99. The number of sulfonamides is 1. The number of carbonyl (C=O) groups excluding carboxylic acids is 2. The van der Waals surface area contributed by atoms with Crippen LogP contribution < -0.4 is 4.72 Å². The first kappa shape index (κ1) is 23.3. The van der Waals surface area contributed by atoms with E-state index in [-0.39, 0.29) is 15.8 Å². The summed E-state index contributed by atoms with van der Waals surface area (Å²) >= 11 is 7.38. The molecule has 1 aromatic carbocycles. The van der Waals surface area contributed by atoms with Gasteiger partial charge in [-0.15, -0.1) is 0 Å². The molecule has 29 heavy (non-hydrogen) atoms. The van der Waals surface area contributed by atoms with Gasteiger partial charge in [-0.2, -0.15) is 16.1 Å². The first-order chi connectivity index (χ1) is 13.6. The average Bonchev–Trinajstić information content (AvgIpc) is 3.16. The predicted octanol–water partition coefficient (Wildman–Crippen LogP) is 2.91. The molecule has 10 heteroatoms. The van der Waals surface area contributed by atoms with Crippen LogP contribution in [0.3, 0.4) is 0 Å². The molecule has 0 aliphatic carbocycles. The maximum Gasteiger partial charge on any atom is 0.324 e. The number of nitrogens with one attached hydrogen (secondary N) is 1. The molecule has 1 aromatic heterocycles. The molecule has 158 valence electrons. The Morgan fingerprint density at radius 3 is 2.59 bits per heavy atom. The summed E-state index contributed by atoms with van der Waals surface area (Å²) in [4.78, 5) is 26.0. The number of amides is 1. The lowest BCUT2D eigenvalue weighted by Gasteiger charge is -2.22. The molecule has 1 heterocycles. The van der Waals surface area contributed by atoms with Gasteiger partial charge in [0.05, 0.1) is 4.90 Å². The van der Waals surface area contributed by atoms with Crippen LogP contribution in [0.25, 0.3) is 0 Å². The zero-order chi connectivity index (χ0) is 21.6. The molecule has 0 aliphatic rings. The highest BCUT2D eigenvalue weighted by Gasteiger charge is 2.30. The van der Waals surface area contributed by atoms with Crippen LogP contribution in [-0.2, 0) is 30.9 Å². The number of likely N-dealkylation sites (N-methyl/N-ethyl adjacent to an activating group) is 1. The van der Waals surface area contributed by atoms with Gasteiger partial charge in [-0.1, -0.05) is 31.5 Å². The Hall–Kier alpha value is -1.94. The number of hydrogen-bond donors (Lipinski definition) is 1. The van der Waals surface area contributed by atoms with Crippen molar-refractivity contribution >= 4 is 44.8 Å². The SMILES string of the molecule is CC(C)[C@H](NS(=O)(=O)c1cccc(Cl)c1)C(=O)OCC(=O)N(C)Cc1ccsc1. The van der Waals surface area contributed by atoms with Crippen molar-refractivity contribution < 1.29 is 22.7 Å². The molecular formula is C19H23ClN2O5S2. The van der Waals surface area contributed by atoms with E-state index in [4.69, 9.17) is 16.3 Å². The summed E-state index contributed by atoms with van der Waals surface area (Å²) in [6.45, 7) is 3.28. The molecule has 0 spiro atoms. The molecule has 0 saturated heterocycles. The van der Waals surface area contributed by atoms with Crippen LogP contribution in [0.5, 0.6) is 0 Å². The molecule has 2 aromatic rings. The minimum absolute atomic E-state index is 0.0602. The van der Waals surface area contributed by atoms with Crippen molar-refractivity contribution in [3.8, 4) is 0 Å². The van der Waals surface area contributed by atoms with Crippen molar-refractivity contribution in [2.75, 3.05) is 13.7 Å². The normalized spacial score (nSPS) is 12.6. The third-order valence-corrected chi connectivity index (χ3v) is 6.48. The fourth-order valence-corrected chi connectivity index (χ4v) is 4.70. The first-order valence-electron chi connectivity index (χ1n) is 8.79. The maximum absolute atomic E-state index is 12.6.